The van der Waals surface area contributed by atoms with E-state index in [1.165, 1.54) is 0 Å². The molecule has 0 fully saturated rings. The van der Waals surface area contributed by atoms with E-state index in [0.29, 0.717) is 0 Å². The van der Waals surface area contributed by atoms with E-state index in [1.807, 2.05) is 0 Å². The van der Waals surface area contributed by atoms with Gasteiger partial charge in [0.15, 0.2) is 0 Å². The number of hydrogen-bond donors (Lipinski definition) is 2. The van der Waals surface area contributed by atoms with Crippen molar-refractivity contribution in [1.29, 1.82) is 0 Å². The average Bonchev–Trinajstić information content (AvgIpc) is 2.51. The molecule has 0 radical (unpaired) electrons. The zero-order chi connectivity index (χ0) is 15.2. The number of carbonyl (C=O) groups is 2. The zero-order valence-corrected chi connectivity index (χ0v) is 13.8. The topological polar surface area (TPSA) is 74.6 Å². The minimum atomic E-state index is -0.647. The van der Waals surface area contributed by atoms with Crippen molar-refractivity contribution in [1.82, 2.24) is 0 Å². The Balaban J connectivity index is 3.36. The number of aromatic hydroxyl groups is 2. The second-order valence-corrected chi connectivity index (χ2v) is 8.76. The van der Waals surface area contributed by atoms with Gasteiger partial charge in [-0.25, -0.2) is 0 Å². The number of carbonyl (C=O) groups excluding carboxylic acids is 2. The first-order chi connectivity index (χ1) is 8.37. The van der Waals surface area contributed by atoms with E-state index in [-0.39, 0.29) is 20.4 Å². The van der Waals surface area contributed by atoms with Crippen LogP contribution in [0.2, 0.25) is 0 Å². The molecule has 1 rings (SSSR count). The first-order valence-corrected chi connectivity index (χ1v) is 7.73. The molecule has 0 atom stereocenters. The van der Waals surface area contributed by atoms with Gasteiger partial charge in [-0.1, -0.05) is 0 Å². The Labute approximate surface area is 119 Å². The van der Waals surface area contributed by atoms with Gasteiger partial charge in [-0.3, -0.25) is 0 Å². The van der Waals surface area contributed by atoms with Crippen molar-refractivity contribution in [2.75, 3.05) is 0 Å². The van der Waals surface area contributed by atoms with Crippen LogP contribution in [0.4, 0.5) is 0 Å². The molecule has 0 saturated heterocycles. The molecule has 1 aromatic rings. The van der Waals surface area contributed by atoms with Crippen LogP contribution in [0, 0.1) is 10.8 Å². The van der Waals surface area contributed by atoms with Gasteiger partial charge in [0, 0.05) is 0 Å². The summed E-state index contributed by atoms with van der Waals surface area (Å²) in [4.78, 5) is 24.4. The van der Waals surface area contributed by atoms with Crippen LogP contribution < -0.4 is 0 Å². The predicted molar refractivity (Wildman–Crippen MR) is 74.3 cm³/mol. The van der Waals surface area contributed by atoms with Crippen molar-refractivity contribution in [2.24, 2.45) is 10.8 Å². The van der Waals surface area contributed by atoms with Gasteiger partial charge in [-0.2, -0.15) is 0 Å². The van der Waals surface area contributed by atoms with Crippen molar-refractivity contribution in [3.8, 4) is 11.5 Å². The third-order valence-corrected chi connectivity index (χ3v) is 5.08. The fourth-order valence-corrected chi connectivity index (χ4v) is 4.32. The number of rotatable bonds is 2. The summed E-state index contributed by atoms with van der Waals surface area (Å²) in [6, 6.07) is 0. The monoisotopic (exact) mass is 332 g/mol. The van der Waals surface area contributed by atoms with E-state index in [1.54, 1.807) is 41.5 Å². The number of ketones is 2. The second-order valence-electron chi connectivity index (χ2n) is 6.62. The van der Waals surface area contributed by atoms with E-state index >= 15 is 0 Å². The third-order valence-electron chi connectivity index (χ3n) is 2.63. The van der Waals surface area contributed by atoms with Gasteiger partial charge >= 0.3 is 119 Å². The Bertz CT molecular complexity index is 480. The molecule has 2 N–H and O–H groups in total. The maximum absolute atomic E-state index is 12.2. The van der Waals surface area contributed by atoms with Gasteiger partial charge in [0.2, 0.25) is 0 Å². The Hall–Kier alpha value is -1.06. The van der Waals surface area contributed by atoms with Gasteiger partial charge in [0.25, 0.3) is 0 Å². The van der Waals surface area contributed by atoms with E-state index in [2.05, 4.69) is 0 Å². The van der Waals surface area contributed by atoms with Crippen LogP contribution in [-0.4, -0.2) is 36.3 Å². The molecule has 19 heavy (non-hydrogen) atoms. The van der Waals surface area contributed by atoms with Crippen LogP contribution >= 0.6 is 0 Å². The number of Topliss-reactive ketones (excluding diaryl/α,β-unsaturated/α-hetero) is 2. The first kappa shape index (κ1) is 16.0. The molecule has 1 aromatic heterocycles. The normalized spacial score (nSPS) is 12.5. The molecule has 5 heteroatoms. The van der Waals surface area contributed by atoms with Gasteiger partial charge < -0.3 is 0 Å². The van der Waals surface area contributed by atoms with E-state index in [4.69, 9.17) is 0 Å². The van der Waals surface area contributed by atoms with E-state index in [0.717, 1.165) is 0 Å². The minimum absolute atomic E-state index is 0.185. The molecule has 4 nitrogen and oxygen atoms in total. The molecule has 0 aliphatic heterocycles. The predicted octanol–water partition coefficient (Wildman–Crippen LogP) is 2.61. The molecule has 1 heterocycles. The maximum atomic E-state index is 12.2. The van der Waals surface area contributed by atoms with Crippen molar-refractivity contribution in [3.05, 3.63) is 8.87 Å². The van der Waals surface area contributed by atoms with Crippen LogP contribution in [0.3, 0.4) is 0 Å². The van der Waals surface area contributed by atoms with Crippen LogP contribution in [-0.2, 0) is 0 Å². The summed E-state index contributed by atoms with van der Waals surface area (Å²) >= 11 is -0.636. The van der Waals surface area contributed by atoms with E-state index < -0.39 is 36.8 Å². The molecule has 0 spiro atoms. The summed E-state index contributed by atoms with van der Waals surface area (Å²) in [5.41, 5.74) is -1.29. The SMILES string of the molecule is CC(C)(C)C(=O)c1[se]c(C(=O)C(C)(C)C)c(O)c1O. The Morgan fingerprint density at radius 1 is 0.789 bits per heavy atom. The summed E-state index contributed by atoms with van der Waals surface area (Å²) in [6.45, 7) is 10.5. The van der Waals surface area contributed by atoms with Crippen LogP contribution in [0.5, 0.6) is 11.5 Å². The molecule has 106 valence electrons. The van der Waals surface area contributed by atoms with Crippen molar-refractivity contribution in [2.45, 2.75) is 41.5 Å². The van der Waals surface area contributed by atoms with Gasteiger partial charge in [-0.05, 0) is 0 Å². The summed E-state index contributed by atoms with van der Waals surface area (Å²) in [6.07, 6.45) is 0. The summed E-state index contributed by atoms with van der Waals surface area (Å²) in [5, 5.41) is 19.8. The van der Waals surface area contributed by atoms with Crippen LogP contribution in [0.15, 0.2) is 0 Å². The first-order valence-electron chi connectivity index (χ1n) is 6.01. The number of hydrogen-bond acceptors (Lipinski definition) is 4. The standard InChI is InChI=1S/C14H20O4Se/c1-13(2,3)11(17)9-7(15)8(16)10(19-9)12(18)14(4,5)6/h15-16H,1-6H3. The van der Waals surface area contributed by atoms with Crippen LogP contribution in [0.1, 0.15) is 60.0 Å². The average molecular weight is 331 g/mol. The Kier molecular flexibility index (Phi) is 4.04. The molecule has 0 unspecified atom stereocenters. The van der Waals surface area contributed by atoms with Gasteiger partial charge in [0.1, 0.15) is 0 Å². The van der Waals surface area contributed by atoms with Crippen molar-refractivity contribution in [3.63, 3.8) is 0 Å². The zero-order valence-electron chi connectivity index (χ0n) is 12.1. The fraction of sp³-hybridized carbons (Fsp3) is 0.571. The summed E-state index contributed by atoms with van der Waals surface area (Å²) in [7, 11) is 0. The molecular formula is C14H20O4Se. The quantitative estimate of drug-likeness (QED) is 0.645. The Morgan fingerprint density at radius 2 is 1.05 bits per heavy atom. The molecule has 0 saturated carbocycles. The van der Waals surface area contributed by atoms with Gasteiger partial charge in [0.05, 0.1) is 0 Å². The third kappa shape index (κ3) is 3.10. The summed E-state index contributed by atoms with van der Waals surface area (Å²) < 4.78 is 0.371. The molecule has 0 amide bonds. The van der Waals surface area contributed by atoms with Crippen molar-refractivity contribution < 1.29 is 19.8 Å². The molecule has 0 bridgehead atoms. The molecule has 0 aliphatic carbocycles. The molecule has 0 aliphatic rings. The molecular weight excluding hydrogens is 311 g/mol. The van der Waals surface area contributed by atoms with E-state index in [9.17, 15) is 19.8 Å². The van der Waals surface area contributed by atoms with Gasteiger partial charge in [-0.15, -0.1) is 0 Å². The second kappa shape index (κ2) is 4.80. The van der Waals surface area contributed by atoms with Crippen LogP contribution in [0.25, 0.3) is 0 Å². The Morgan fingerprint density at radius 3 is 1.26 bits per heavy atom. The van der Waals surface area contributed by atoms with Crippen molar-refractivity contribution >= 4 is 26.1 Å². The molecule has 0 aromatic carbocycles. The fourth-order valence-electron chi connectivity index (χ4n) is 1.40. The summed E-state index contributed by atoms with van der Waals surface area (Å²) in [5.74, 6) is -1.30.